The van der Waals surface area contributed by atoms with Gasteiger partial charge in [0.2, 0.25) is 12.2 Å². The third kappa shape index (κ3) is 4.45. The molecule has 0 aliphatic carbocycles. The van der Waals surface area contributed by atoms with Gasteiger partial charge in [0, 0.05) is 6.07 Å². The average Bonchev–Trinajstić information content (AvgIpc) is 2.99. The highest BCUT2D eigenvalue weighted by Crippen LogP contribution is 2.29. The molecule has 1 N–H and O–H groups in total. The van der Waals surface area contributed by atoms with E-state index >= 15 is 0 Å². The number of hydrogen-bond donors (Lipinski definition) is 1. The number of nitro groups is 1. The number of nitrogens with zero attached hydrogens (tertiary/aromatic N) is 3. The van der Waals surface area contributed by atoms with Gasteiger partial charge in [0.25, 0.3) is 0 Å². The van der Waals surface area contributed by atoms with E-state index in [1.54, 1.807) is 18.2 Å². The summed E-state index contributed by atoms with van der Waals surface area (Å²) in [5.74, 6) is 0.452. The van der Waals surface area contributed by atoms with Crippen molar-refractivity contribution in [2.75, 3.05) is 18.5 Å². The van der Waals surface area contributed by atoms with Gasteiger partial charge < -0.3 is 29.5 Å². The summed E-state index contributed by atoms with van der Waals surface area (Å²) in [5, 5.41) is 13.3. The Balaban J connectivity index is 2.10. The average molecular weight is 334 g/mol. The summed E-state index contributed by atoms with van der Waals surface area (Å²) >= 11 is 0. The molecule has 1 aromatic carbocycles. The molecular weight excluding hydrogens is 316 g/mol. The summed E-state index contributed by atoms with van der Waals surface area (Å²) in [6, 6.07) is 5.14. The van der Waals surface area contributed by atoms with E-state index in [4.69, 9.17) is 9.47 Å². The number of benzene rings is 1. The molecule has 0 spiro atoms. The first-order valence-corrected chi connectivity index (χ1v) is 7.39. The summed E-state index contributed by atoms with van der Waals surface area (Å²) in [4.78, 5) is 25.7. The van der Waals surface area contributed by atoms with Gasteiger partial charge >= 0.3 is 5.82 Å². The molecule has 0 radical (unpaired) electrons. The monoisotopic (exact) mass is 334 g/mol. The molecule has 0 saturated heterocycles. The van der Waals surface area contributed by atoms with Crippen LogP contribution in [0.2, 0.25) is 0 Å². The van der Waals surface area contributed by atoms with Crippen molar-refractivity contribution in [1.82, 2.24) is 9.55 Å². The van der Waals surface area contributed by atoms with E-state index in [0.717, 1.165) is 0 Å². The SMILES string of the molecule is CCOc1ccc(OCC)c(NC(=O)Cn2cnc([N+](=O)[O-])c2)c1. The van der Waals surface area contributed by atoms with E-state index in [1.165, 1.54) is 17.1 Å². The van der Waals surface area contributed by atoms with Crippen LogP contribution in [-0.2, 0) is 11.3 Å². The Morgan fingerprint density at radius 3 is 2.71 bits per heavy atom. The molecule has 1 amide bonds. The van der Waals surface area contributed by atoms with Gasteiger partial charge in [0.15, 0.2) is 0 Å². The zero-order chi connectivity index (χ0) is 17.5. The van der Waals surface area contributed by atoms with Crippen LogP contribution in [-0.4, -0.2) is 33.6 Å². The van der Waals surface area contributed by atoms with Gasteiger partial charge in [-0.05, 0) is 35.9 Å². The standard InChI is InChI=1S/C15H18N4O5/c1-3-23-11-5-6-13(24-4-2)12(7-11)17-15(20)9-18-8-14(16-10-18)19(21)22/h5-8,10H,3-4,9H2,1-2H3,(H,17,20). The smallest absolute Gasteiger partial charge is 0.381 e. The Kier molecular flexibility index (Phi) is 5.72. The topological polar surface area (TPSA) is 109 Å². The molecule has 9 nitrogen and oxygen atoms in total. The van der Waals surface area contributed by atoms with Gasteiger partial charge in [-0.1, -0.05) is 0 Å². The molecule has 1 aromatic heterocycles. The maximum atomic E-state index is 12.2. The van der Waals surface area contributed by atoms with Crippen LogP contribution in [0.5, 0.6) is 11.5 Å². The maximum Gasteiger partial charge on any atom is 0.381 e. The van der Waals surface area contributed by atoms with Crippen molar-refractivity contribution >= 4 is 17.4 Å². The van der Waals surface area contributed by atoms with Gasteiger partial charge in [-0.25, -0.2) is 0 Å². The van der Waals surface area contributed by atoms with Crippen LogP contribution in [0.3, 0.4) is 0 Å². The van der Waals surface area contributed by atoms with E-state index in [-0.39, 0.29) is 18.3 Å². The lowest BCUT2D eigenvalue weighted by atomic mass is 10.2. The number of ether oxygens (including phenoxy) is 2. The summed E-state index contributed by atoms with van der Waals surface area (Å²) < 4.78 is 12.2. The number of nitrogens with one attached hydrogen (secondary N) is 1. The zero-order valence-electron chi connectivity index (χ0n) is 13.4. The quantitative estimate of drug-likeness (QED) is 0.586. The molecule has 0 aliphatic heterocycles. The molecule has 0 aliphatic rings. The fourth-order valence-electron chi connectivity index (χ4n) is 2.03. The van der Waals surface area contributed by atoms with E-state index in [2.05, 4.69) is 10.3 Å². The van der Waals surface area contributed by atoms with Crippen LogP contribution in [0.4, 0.5) is 11.5 Å². The van der Waals surface area contributed by atoms with Gasteiger partial charge in [-0.3, -0.25) is 4.79 Å². The van der Waals surface area contributed by atoms with Crippen LogP contribution in [0.15, 0.2) is 30.7 Å². The van der Waals surface area contributed by atoms with Crippen molar-refractivity contribution in [3.8, 4) is 11.5 Å². The highest BCUT2D eigenvalue weighted by molar-refractivity contribution is 5.92. The molecule has 0 fully saturated rings. The first-order chi connectivity index (χ1) is 11.5. The number of aromatic nitrogens is 2. The Hall–Kier alpha value is -3.10. The number of amides is 1. The largest absolute Gasteiger partial charge is 0.494 e. The molecule has 0 unspecified atom stereocenters. The van der Waals surface area contributed by atoms with E-state index in [0.29, 0.717) is 30.4 Å². The number of anilines is 1. The minimum atomic E-state index is -0.618. The third-order valence-electron chi connectivity index (χ3n) is 2.97. The summed E-state index contributed by atoms with van der Waals surface area (Å²) in [7, 11) is 0. The third-order valence-corrected chi connectivity index (χ3v) is 2.97. The van der Waals surface area contributed by atoms with Crippen molar-refractivity contribution in [1.29, 1.82) is 0 Å². The van der Waals surface area contributed by atoms with Crippen LogP contribution >= 0.6 is 0 Å². The van der Waals surface area contributed by atoms with Gasteiger partial charge in [-0.15, -0.1) is 0 Å². The zero-order valence-corrected chi connectivity index (χ0v) is 13.4. The van der Waals surface area contributed by atoms with Crippen molar-refractivity contribution in [2.45, 2.75) is 20.4 Å². The first kappa shape index (κ1) is 17.3. The normalized spacial score (nSPS) is 10.2. The second kappa shape index (κ2) is 7.95. The summed E-state index contributed by atoms with van der Waals surface area (Å²) in [6.45, 7) is 4.54. The van der Waals surface area contributed by atoms with Crippen molar-refractivity contribution in [2.24, 2.45) is 0 Å². The van der Waals surface area contributed by atoms with Crippen LogP contribution in [0, 0.1) is 10.1 Å². The summed E-state index contributed by atoms with van der Waals surface area (Å²) in [6.07, 6.45) is 2.43. The second-order valence-electron chi connectivity index (χ2n) is 4.73. The first-order valence-electron chi connectivity index (χ1n) is 7.39. The van der Waals surface area contributed by atoms with Gasteiger partial charge in [0.05, 0.1) is 18.9 Å². The molecule has 0 bridgehead atoms. The molecule has 2 aromatic rings. The highest BCUT2D eigenvalue weighted by atomic mass is 16.6. The number of carbonyl (C=O) groups excluding carboxylic acids is 1. The number of hydrogen-bond acceptors (Lipinski definition) is 6. The molecule has 2 rings (SSSR count). The lowest BCUT2D eigenvalue weighted by Gasteiger charge is -2.13. The lowest BCUT2D eigenvalue weighted by molar-refractivity contribution is -0.389. The molecular formula is C15H18N4O5. The predicted octanol–water partition coefficient (Wildman–Crippen LogP) is 2.23. The van der Waals surface area contributed by atoms with Gasteiger partial charge in [0.1, 0.15) is 24.2 Å². The van der Waals surface area contributed by atoms with Crippen molar-refractivity contribution in [3.63, 3.8) is 0 Å². The summed E-state index contributed by atoms with van der Waals surface area (Å²) in [5.41, 5.74) is 0.474. The van der Waals surface area contributed by atoms with E-state index < -0.39 is 4.92 Å². The molecule has 0 saturated carbocycles. The van der Waals surface area contributed by atoms with E-state index in [9.17, 15) is 14.9 Å². The lowest BCUT2D eigenvalue weighted by Crippen LogP contribution is -2.18. The predicted molar refractivity (Wildman–Crippen MR) is 86.3 cm³/mol. The fraction of sp³-hybridized carbons (Fsp3) is 0.333. The van der Waals surface area contributed by atoms with Gasteiger partial charge in [-0.2, -0.15) is 0 Å². The second-order valence-corrected chi connectivity index (χ2v) is 4.73. The number of rotatable bonds is 8. The molecule has 9 heteroatoms. The minimum absolute atomic E-state index is 0.106. The van der Waals surface area contributed by atoms with Crippen molar-refractivity contribution < 1.29 is 19.2 Å². The maximum absolute atomic E-state index is 12.2. The van der Waals surface area contributed by atoms with Crippen molar-refractivity contribution in [3.05, 3.63) is 40.8 Å². The Morgan fingerprint density at radius 1 is 1.33 bits per heavy atom. The Bertz CT molecular complexity index is 728. The fourth-order valence-corrected chi connectivity index (χ4v) is 2.03. The highest BCUT2D eigenvalue weighted by Gasteiger charge is 2.14. The molecule has 0 atom stereocenters. The van der Waals surface area contributed by atoms with E-state index in [1.807, 2.05) is 13.8 Å². The molecule has 128 valence electrons. The molecule has 24 heavy (non-hydrogen) atoms. The van der Waals surface area contributed by atoms with Crippen LogP contribution in [0.25, 0.3) is 0 Å². The Labute approximate surface area is 138 Å². The number of imidazole rings is 1. The van der Waals surface area contributed by atoms with Crippen LogP contribution < -0.4 is 14.8 Å². The Morgan fingerprint density at radius 2 is 2.08 bits per heavy atom. The number of carbonyl (C=O) groups is 1. The minimum Gasteiger partial charge on any atom is -0.494 e. The molecule has 1 heterocycles. The van der Waals surface area contributed by atoms with Crippen LogP contribution in [0.1, 0.15) is 13.8 Å².